The summed E-state index contributed by atoms with van der Waals surface area (Å²) in [5, 5.41) is 3.50. The van der Waals surface area contributed by atoms with Crippen LogP contribution in [0.2, 0.25) is 0 Å². The van der Waals surface area contributed by atoms with Gasteiger partial charge in [0.15, 0.2) is 0 Å². The Hall–Kier alpha value is -0.480. The van der Waals surface area contributed by atoms with E-state index in [1.165, 1.54) is 44.4 Å². The first kappa shape index (κ1) is 14.6. The van der Waals surface area contributed by atoms with Crippen molar-refractivity contribution in [2.75, 3.05) is 25.1 Å². The molecule has 1 aromatic rings. The standard InChI is InChI=1S/C13H25N3S/c1-17-12-5-3-2-4-7-14-8-6-10-16-11-9-15-13-16/h9,11,13-14H,2-8,10,12H2,1H3. The molecule has 0 aliphatic rings. The molecule has 98 valence electrons. The van der Waals surface area contributed by atoms with Crippen molar-refractivity contribution in [1.82, 2.24) is 14.9 Å². The quantitative estimate of drug-likeness (QED) is 0.617. The SMILES string of the molecule is CSCCCCCCNCCCn1ccnc1. The average molecular weight is 255 g/mol. The molecule has 1 heterocycles. The van der Waals surface area contributed by atoms with Gasteiger partial charge in [-0.25, -0.2) is 4.98 Å². The van der Waals surface area contributed by atoms with Crippen molar-refractivity contribution in [1.29, 1.82) is 0 Å². The summed E-state index contributed by atoms with van der Waals surface area (Å²) >= 11 is 1.95. The van der Waals surface area contributed by atoms with Crippen molar-refractivity contribution in [2.24, 2.45) is 0 Å². The third-order valence-electron chi connectivity index (χ3n) is 2.78. The van der Waals surface area contributed by atoms with Gasteiger partial charge in [0.25, 0.3) is 0 Å². The van der Waals surface area contributed by atoms with Crippen LogP contribution < -0.4 is 5.32 Å². The highest BCUT2D eigenvalue weighted by molar-refractivity contribution is 7.98. The Bertz CT molecular complexity index is 249. The number of aryl methyl sites for hydroxylation is 1. The second-order valence-corrected chi connectivity index (χ2v) is 5.30. The van der Waals surface area contributed by atoms with E-state index < -0.39 is 0 Å². The van der Waals surface area contributed by atoms with Gasteiger partial charge in [0.2, 0.25) is 0 Å². The first-order valence-electron chi connectivity index (χ1n) is 6.59. The van der Waals surface area contributed by atoms with Gasteiger partial charge < -0.3 is 9.88 Å². The lowest BCUT2D eigenvalue weighted by Crippen LogP contribution is -2.18. The van der Waals surface area contributed by atoms with Crippen LogP contribution in [0.15, 0.2) is 18.7 Å². The monoisotopic (exact) mass is 255 g/mol. The molecule has 0 aromatic carbocycles. The highest BCUT2D eigenvalue weighted by atomic mass is 32.2. The van der Waals surface area contributed by atoms with E-state index in [4.69, 9.17) is 0 Å². The van der Waals surface area contributed by atoms with Crippen molar-refractivity contribution in [3.8, 4) is 0 Å². The largest absolute Gasteiger partial charge is 0.337 e. The topological polar surface area (TPSA) is 29.9 Å². The van der Waals surface area contributed by atoms with Gasteiger partial charge in [-0.05, 0) is 44.4 Å². The molecule has 0 aliphatic carbocycles. The Balaban J connectivity index is 1.76. The lowest BCUT2D eigenvalue weighted by atomic mass is 10.2. The summed E-state index contributed by atoms with van der Waals surface area (Å²) in [5.74, 6) is 1.32. The highest BCUT2D eigenvalue weighted by Crippen LogP contribution is 2.03. The molecule has 0 fully saturated rings. The minimum atomic E-state index is 1.07. The number of rotatable bonds is 11. The maximum atomic E-state index is 4.03. The van der Waals surface area contributed by atoms with Crippen LogP contribution in [0.25, 0.3) is 0 Å². The second kappa shape index (κ2) is 10.7. The van der Waals surface area contributed by atoms with E-state index in [2.05, 4.69) is 21.1 Å². The second-order valence-electron chi connectivity index (χ2n) is 4.31. The predicted octanol–water partition coefficient (Wildman–Crippen LogP) is 2.79. The van der Waals surface area contributed by atoms with Gasteiger partial charge >= 0.3 is 0 Å². The summed E-state index contributed by atoms with van der Waals surface area (Å²) in [6.45, 7) is 3.35. The van der Waals surface area contributed by atoms with Gasteiger partial charge in [-0.1, -0.05) is 12.8 Å². The van der Waals surface area contributed by atoms with Crippen molar-refractivity contribution in [3.05, 3.63) is 18.7 Å². The van der Waals surface area contributed by atoms with E-state index in [9.17, 15) is 0 Å². The maximum absolute atomic E-state index is 4.03. The Morgan fingerprint density at radius 1 is 1.12 bits per heavy atom. The molecule has 0 radical (unpaired) electrons. The first-order chi connectivity index (χ1) is 8.43. The fourth-order valence-corrected chi connectivity index (χ4v) is 2.27. The van der Waals surface area contributed by atoms with Gasteiger partial charge in [-0.15, -0.1) is 0 Å². The number of unbranched alkanes of at least 4 members (excludes halogenated alkanes) is 3. The summed E-state index contributed by atoms with van der Waals surface area (Å²) in [5.41, 5.74) is 0. The molecule has 0 spiro atoms. The van der Waals surface area contributed by atoms with E-state index in [1.807, 2.05) is 30.5 Å². The van der Waals surface area contributed by atoms with Crippen LogP contribution in [0.4, 0.5) is 0 Å². The molecule has 1 aromatic heterocycles. The number of nitrogens with zero attached hydrogens (tertiary/aromatic N) is 2. The minimum absolute atomic E-state index is 1.07. The normalized spacial score (nSPS) is 10.9. The maximum Gasteiger partial charge on any atom is 0.0945 e. The van der Waals surface area contributed by atoms with E-state index in [-0.39, 0.29) is 0 Å². The van der Waals surface area contributed by atoms with Gasteiger partial charge in [0.05, 0.1) is 6.33 Å². The molecule has 3 nitrogen and oxygen atoms in total. The van der Waals surface area contributed by atoms with Gasteiger partial charge in [0, 0.05) is 18.9 Å². The Labute approximate surface area is 109 Å². The fraction of sp³-hybridized carbons (Fsp3) is 0.769. The Morgan fingerprint density at radius 2 is 1.94 bits per heavy atom. The summed E-state index contributed by atoms with van der Waals surface area (Å²) < 4.78 is 2.13. The van der Waals surface area contributed by atoms with Crippen molar-refractivity contribution in [3.63, 3.8) is 0 Å². The van der Waals surface area contributed by atoms with Crippen molar-refractivity contribution >= 4 is 11.8 Å². The molecule has 0 saturated carbocycles. The van der Waals surface area contributed by atoms with Crippen LogP contribution in [0.5, 0.6) is 0 Å². The molecule has 0 atom stereocenters. The lowest BCUT2D eigenvalue weighted by molar-refractivity contribution is 0.554. The molecular weight excluding hydrogens is 230 g/mol. The smallest absolute Gasteiger partial charge is 0.0945 e. The molecule has 1 rings (SSSR count). The molecule has 0 aliphatic heterocycles. The molecule has 17 heavy (non-hydrogen) atoms. The van der Waals surface area contributed by atoms with Crippen LogP contribution in [0.3, 0.4) is 0 Å². The van der Waals surface area contributed by atoms with Crippen molar-refractivity contribution in [2.45, 2.75) is 38.6 Å². The number of imidazole rings is 1. The number of aromatic nitrogens is 2. The average Bonchev–Trinajstić information content (AvgIpc) is 2.85. The molecule has 0 unspecified atom stereocenters. The third kappa shape index (κ3) is 8.27. The molecule has 1 N–H and O–H groups in total. The number of hydrogen-bond acceptors (Lipinski definition) is 3. The number of nitrogens with one attached hydrogen (secondary N) is 1. The van der Waals surface area contributed by atoms with Crippen LogP contribution in [-0.4, -0.2) is 34.6 Å². The zero-order valence-electron chi connectivity index (χ0n) is 10.9. The highest BCUT2D eigenvalue weighted by Gasteiger charge is 1.92. The third-order valence-corrected chi connectivity index (χ3v) is 3.48. The minimum Gasteiger partial charge on any atom is -0.337 e. The molecular formula is C13H25N3S. The summed E-state index contributed by atoms with van der Waals surface area (Å²) in [6, 6.07) is 0. The predicted molar refractivity (Wildman–Crippen MR) is 76.6 cm³/mol. The van der Waals surface area contributed by atoms with Crippen LogP contribution in [0, 0.1) is 0 Å². The Kier molecular flexibility index (Phi) is 9.14. The first-order valence-corrected chi connectivity index (χ1v) is 7.98. The summed E-state index contributed by atoms with van der Waals surface area (Å²) in [6.07, 6.45) is 14.6. The lowest BCUT2D eigenvalue weighted by Gasteiger charge is -2.05. The van der Waals surface area contributed by atoms with Crippen LogP contribution >= 0.6 is 11.8 Å². The number of thioether (sulfide) groups is 1. The van der Waals surface area contributed by atoms with E-state index in [0.29, 0.717) is 0 Å². The molecule has 4 heteroatoms. The molecule has 0 amide bonds. The summed E-state index contributed by atoms with van der Waals surface area (Å²) in [7, 11) is 0. The Morgan fingerprint density at radius 3 is 2.71 bits per heavy atom. The van der Waals surface area contributed by atoms with E-state index >= 15 is 0 Å². The van der Waals surface area contributed by atoms with Crippen LogP contribution in [0.1, 0.15) is 32.1 Å². The van der Waals surface area contributed by atoms with E-state index in [1.54, 1.807) is 0 Å². The van der Waals surface area contributed by atoms with Gasteiger partial charge in [0.1, 0.15) is 0 Å². The van der Waals surface area contributed by atoms with E-state index in [0.717, 1.165) is 13.1 Å². The fourth-order valence-electron chi connectivity index (χ4n) is 1.78. The zero-order valence-corrected chi connectivity index (χ0v) is 11.7. The van der Waals surface area contributed by atoms with Crippen molar-refractivity contribution < 1.29 is 0 Å². The summed E-state index contributed by atoms with van der Waals surface area (Å²) in [4.78, 5) is 4.03. The molecule has 0 bridgehead atoms. The molecule has 0 saturated heterocycles. The number of hydrogen-bond donors (Lipinski definition) is 1. The van der Waals surface area contributed by atoms with Gasteiger partial charge in [-0.3, -0.25) is 0 Å². The van der Waals surface area contributed by atoms with Gasteiger partial charge in [-0.2, -0.15) is 11.8 Å². The van der Waals surface area contributed by atoms with Crippen LogP contribution in [-0.2, 0) is 6.54 Å². The zero-order chi connectivity index (χ0) is 12.2.